The molecule has 0 aliphatic carbocycles. The number of rotatable bonds is 3. The standard InChI is InChI=1S/C16H20O4/c1-2-6-12-9-13(17)15-14(19-12)10-18-16(20-15)11-7-4-3-5-8-11/h2-5,7-8,12-17H,1,6,9-10H2/t12-,13+,14-,15+,16+/m1/s1. The molecule has 2 saturated heterocycles. The van der Waals surface area contributed by atoms with Gasteiger partial charge < -0.3 is 19.3 Å². The highest BCUT2D eigenvalue weighted by atomic mass is 16.7. The number of hydrogen-bond acceptors (Lipinski definition) is 4. The molecule has 2 aliphatic heterocycles. The number of aliphatic hydroxyl groups excluding tert-OH is 1. The van der Waals surface area contributed by atoms with Gasteiger partial charge in [-0.25, -0.2) is 0 Å². The van der Waals surface area contributed by atoms with Crippen molar-refractivity contribution in [2.45, 2.75) is 43.5 Å². The second-order valence-corrected chi connectivity index (χ2v) is 5.30. The van der Waals surface area contributed by atoms with E-state index in [0.717, 1.165) is 12.0 Å². The van der Waals surface area contributed by atoms with Crippen molar-refractivity contribution in [1.29, 1.82) is 0 Å². The first-order valence-electron chi connectivity index (χ1n) is 7.04. The molecule has 3 rings (SSSR count). The fourth-order valence-electron chi connectivity index (χ4n) is 2.83. The van der Waals surface area contributed by atoms with Crippen molar-refractivity contribution in [3.63, 3.8) is 0 Å². The van der Waals surface area contributed by atoms with E-state index in [4.69, 9.17) is 14.2 Å². The number of hydrogen-bond donors (Lipinski definition) is 1. The monoisotopic (exact) mass is 276 g/mol. The number of ether oxygens (including phenoxy) is 3. The Morgan fingerprint density at radius 2 is 2.05 bits per heavy atom. The minimum atomic E-state index is -0.520. The molecule has 0 spiro atoms. The van der Waals surface area contributed by atoms with Crippen molar-refractivity contribution in [1.82, 2.24) is 0 Å². The molecule has 0 unspecified atom stereocenters. The maximum atomic E-state index is 10.3. The van der Waals surface area contributed by atoms with Gasteiger partial charge in [-0.1, -0.05) is 36.4 Å². The van der Waals surface area contributed by atoms with Crippen molar-refractivity contribution in [2.75, 3.05) is 6.61 Å². The average molecular weight is 276 g/mol. The lowest BCUT2D eigenvalue weighted by atomic mass is 9.95. The predicted molar refractivity (Wildman–Crippen MR) is 74.1 cm³/mol. The molecule has 0 saturated carbocycles. The predicted octanol–water partition coefficient (Wildman–Crippen LogP) is 2.20. The first-order chi connectivity index (χ1) is 9.78. The van der Waals surface area contributed by atoms with Gasteiger partial charge in [-0.2, -0.15) is 0 Å². The minimum Gasteiger partial charge on any atom is -0.390 e. The Bertz CT molecular complexity index is 447. The molecule has 4 heteroatoms. The van der Waals surface area contributed by atoms with Gasteiger partial charge >= 0.3 is 0 Å². The van der Waals surface area contributed by atoms with Crippen molar-refractivity contribution in [3.8, 4) is 0 Å². The maximum Gasteiger partial charge on any atom is 0.184 e. The third-order valence-corrected chi connectivity index (χ3v) is 3.81. The molecule has 4 nitrogen and oxygen atoms in total. The lowest BCUT2D eigenvalue weighted by Gasteiger charge is -2.44. The molecule has 0 amide bonds. The van der Waals surface area contributed by atoms with Crippen LogP contribution in [0.25, 0.3) is 0 Å². The Labute approximate surface area is 119 Å². The second kappa shape index (κ2) is 6.06. The van der Waals surface area contributed by atoms with E-state index in [1.54, 1.807) is 0 Å². The fourth-order valence-corrected chi connectivity index (χ4v) is 2.83. The summed E-state index contributed by atoms with van der Waals surface area (Å²) in [5.74, 6) is 0. The van der Waals surface area contributed by atoms with Crippen LogP contribution in [0.3, 0.4) is 0 Å². The minimum absolute atomic E-state index is 0.00391. The van der Waals surface area contributed by atoms with E-state index in [2.05, 4.69) is 6.58 Å². The highest BCUT2D eigenvalue weighted by molar-refractivity contribution is 5.16. The van der Waals surface area contributed by atoms with Gasteiger partial charge in [0.2, 0.25) is 0 Å². The van der Waals surface area contributed by atoms with E-state index < -0.39 is 12.4 Å². The van der Waals surface area contributed by atoms with Crippen LogP contribution in [0.5, 0.6) is 0 Å². The number of aliphatic hydroxyl groups is 1. The van der Waals surface area contributed by atoms with Crippen LogP contribution in [0.4, 0.5) is 0 Å². The second-order valence-electron chi connectivity index (χ2n) is 5.30. The Hall–Kier alpha value is -1.20. The Kier molecular flexibility index (Phi) is 4.17. The quantitative estimate of drug-likeness (QED) is 0.860. The third-order valence-electron chi connectivity index (χ3n) is 3.81. The summed E-state index contributed by atoms with van der Waals surface area (Å²) >= 11 is 0. The molecule has 1 N–H and O–H groups in total. The Morgan fingerprint density at radius 1 is 1.25 bits per heavy atom. The van der Waals surface area contributed by atoms with Gasteiger partial charge in [-0.3, -0.25) is 0 Å². The van der Waals surface area contributed by atoms with Gasteiger partial charge in [0.1, 0.15) is 12.2 Å². The van der Waals surface area contributed by atoms with E-state index in [1.807, 2.05) is 36.4 Å². The SMILES string of the molecule is C=CC[C@@H]1C[C@H](O)[C@@H]2O[C@@H](c3ccccc3)OC[C@H]2O1. The zero-order valence-corrected chi connectivity index (χ0v) is 11.4. The molecule has 2 heterocycles. The van der Waals surface area contributed by atoms with Gasteiger partial charge in [0, 0.05) is 12.0 Å². The zero-order valence-electron chi connectivity index (χ0n) is 11.4. The molecule has 0 aromatic heterocycles. The molecular weight excluding hydrogens is 256 g/mol. The molecule has 2 aliphatic rings. The summed E-state index contributed by atoms with van der Waals surface area (Å²) in [5.41, 5.74) is 0.964. The van der Waals surface area contributed by atoms with Crippen LogP contribution in [0.2, 0.25) is 0 Å². The third kappa shape index (κ3) is 2.79. The van der Waals surface area contributed by atoms with E-state index in [9.17, 15) is 5.11 Å². The first-order valence-corrected chi connectivity index (χ1v) is 7.04. The molecule has 5 atom stereocenters. The van der Waals surface area contributed by atoms with E-state index in [-0.39, 0.29) is 18.3 Å². The van der Waals surface area contributed by atoms with Crippen LogP contribution in [0.15, 0.2) is 43.0 Å². The normalized spacial score (nSPS) is 37.1. The van der Waals surface area contributed by atoms with Crippen LogP contribution >= 0.6 is 0 Å². The molecule has 2 fully saturated rings. The molecule has 0 bridgehead atoms. The number of benzene rings is 1. The first kappa shape index (κ1) is 13.8. The van der Waals surface area contributed by atoms with Crippen molar-refractivity contribution in [3.05, 3.63) is 48.6 Å². The summed E-state index contributed by atoms with van der Waals surface area (Å²) in [6, 6.07) is 9.76. The van der Waals surface area contributed by atoms with Gasteiger partial charge in [0.05, 0.1) is 18.8 Å². The summed E-state index contributed by atoms with van der Waals surface area (Å²) in [4.78, 5) is 0. The lowest BCUT2D eigenvalue weighted by molar-refractivity contribution is -0.309. The van der Waals surface area contributed by atoms with Crippen LogP contribution < -0.4 is 0 Å². The Balaban J connectivity index is 1.68. The molecule has 1 aromatic rings. The topological polar surface area (TPSA) is 47.9 Å². The van der Waals surface area contributed by atoms with Crippen LogP contribution in [-0.4, -0.2) is 36.1 Å². The van der Waals surface area contributed by atoms with Crippen LogP contribution in [0.1, 0.15) is 24.7 Å². The smallest absolute Gasteiger partial charge is 0.184 e. The molecule has 20 heavy (non-hydrogen) atoms. The summed E-state index contributed by atoms with van der Waals surface area (Å²) in [6.07, 6.45) is 1.66. The van der Waals surface area contributed by atoms with Crippen LogP contribution in [-0.2, 0) is 14.2 Å². The Morgan fingerprint density at radius 3 is 2.80 bits per heavy atom. The summed E-state index contributed by atoms with van der Waals surface area (Å²) in [5, 5.41) is 10.3. The van der Waals surface area contributed by atoms with Gasteiger partial charge in [0.15, 0.2) is 6.29 Å². The van der Waals surface area contributed by atoms with Crippen molar-refractivity contribution in [2.24, 2.45) is 0 Å². The van der Waals surface area contributed by atoms with E-state index >= 15 is 0 Å². The van der Waals surface area contributed by atoms with E-state index in [0.29, 0.717) is 13.0 Å². The average Bonchev–Trinajstić information content (AvgIpc) is 2.48. The highest BCUT2D eigenvalue weighted by Crippen LogP contribution is 2.34. The van der Waals surface area contributed by atoms with Gasteiger partial charge in [0.25, 0.3) is 0 Å². The largest absolute Gasteiger partial charge is 0.390 e. The summed E-state index contributed by atoms with van der Waals surface area (Å²) in [7, 11) is 0. The molecule has 0 radical (unpaired) electrons. The van der Waals surface area contributed by atoms with Gasteiger partial charge in [-0.15, -0.1) is 6.58 Å². The summed E-state index contributed by atoms with van der Waals surface area (Å²) in [6.45, 7) is 4.15. The molecule has 1 aromatic carbocycles. The fraction of sp³-hybridized carbons (Fsp3) is 0.500. The molecular formula is C16H20O4. The van der Waals surface area contributed by atoms with Gasteiger partial charge in [-0.05, 0) is 6.42 Å². The van der Waals surface area contributed by atoms with E-state index in [1.165, 1.54) is 0 Å². The number of fused-ring (bicyclic) bond motifs is 1. The zero-order chi connectivity index (χ0) is 13.9. The summed E-state index contributed by atoms with van der Waals surface area (Å²) < 4.78 is 17.5. The van der Waals surface area contributed by atoms with Crippen molar-refractivity contribution < 1.29 is 19.3 Å². The van der Waals surface area contributed by atoms with Crippen molar-refractivity contribution >= 4 is 0 Å². The lowest BCUT2D eigenvalue weighted by Crippen LogP contribution is -2.54. The van der Waals surface area contributed by atoms with Crippen LogP contribution in [0, 0.1) is 0 Å². The molecule has 108 valence electrons. The highest BCUT2D eigenvalue weighted by Gasteiger charge is 2.43. The maximum absolute atomic E-state index is 10.3.